The Hall–Kier alpha value is -1.10. The molecule has 2 atom stereocenters. The highest BCUT2D eigenvalue weighted by Crippen LogP contribution is 2.32. The van der Waals surface area contributed by atoms with Gasteiger partial charge in [-0.3, -0.25) is 9.69 Å². The molecule has 0 saturated carbocycles. The highest BCUT2D eigenvalue weighted by molar-refractivity contribution is 6.30. The van der Waals surface area contributed by atoms with Crippen molar-refractivity contribution >= 4 is 17.5 Å². The van der Waals surface area contributed by atoms with Crippen molar-refractivity contribution in [2.24, 2.45) is 0 Å². The van der Waals surface area contributed by atoms with E-state index in [0.29, 0.717) is 22.7 Å². The summed E-state index contributed by atoms with van der Waals surface area (Å²) in [4.78, 5) is 19.6. The predicted molar refractivity (Wildman–Crippen MR) is 89.4 cm³/mol. The third kappa shape index (κ3) is 3.14. The maximum atomic E-state index is 12.8. The van der Waals surface area contributed by atoms with Crippen molar-refractivity contribution in [3.05, 3.63) is 34.9 Å². The van der Waals surface area contributed by atoms with E-state index in [0.717, 1.165) is 39.0 Å². The summed E-state index contributed by atoms with van der Waals surface area (Å²) in [7, 11) is 4.22. The van der Waals surface area contributed by atoms with Crippen LogP contribution in [0.15, 0.2) is 24.3 Å². The number of nitrogens with zero attached hydrogens (tertiary/aromatic N) is 3. The van der Waals surface area contributed by atoms with Gasteiger partial charge in [-0.25, -0.2) is 0 Å². The molecule has 0 spiro atoms. The summed E-state index contributed by atoms with van der Waals surface area (Å²) in [6.45, 7) is 4.13. The van der Waals surface area contributed by atoms with Crippen LogP contribution >= 0.6 is 11.6 Å². The van der Waals surface area contributed by atoms with Crippen LogP contribution in [0.1, 0.15) is 23.2 Å². The molecule has 4 nitrogen and oxygen atoms in total. The Labute approximate surface area is 137 Å². The molecule has 2 saturated heterocycles. The van der Waals surface area contributed by atoms with Gasteiger partial charge in [0, 0.05) is 48.8 Å². The van der Waals surface area contributed by atoms with Crippen LogP contribution in [-0.4, -0.2) is 73.0 Å². The predicted octanol–water partition coefficient (Wildman–Crippen LogP) is 2.19. The van der Waals surface area contributed by atoms with Gasteiger partial charge in [-0.05, 0) is 45.1 Å². The lowest BCUT2D eigenvalue weighted by Crippen LogP contribution is -2.41. The number of hydrogen-bond donors (Lipinski definition) is 0. The number of fused-ring (bicyclic) bond motifs is 1. The molecule has 1 amide bonds. The summed E-state index contributed by atoms with van der Waals surface area (Å²) in [6.07, 6.45) is 2.18. The van der Waals surface area contributed by atoms with E-state index in [4.69, 9.17) is 11.6 Å². The number of carbonyl (C=O) groups is 1. The van der Waals surface area contributed by atoms with Gasteiger partial charge in [0.25, 0.3) is 5.91 Å². The lowest BCUT2D eigenvalue weighted by atomic mass is 10.1. The molecule has 0 unspecified atom stereocenters. The summed E-state index contributed by atoms with van der Waals surface area (Å²) in [5.74, 6) is 0.129. The smallest absolute Gasteiger partial charge is 0.254 e. The SMILES string of the molecule is CN(C)CCN1CC[C@@H]2[C@@H]1CCN2C(=O)c1cccc(Cl)c1. The molecular weight excluding hydrogens is 298 g/mol. The molecule has 1 aromatic rings. The summed E-state index contributed by atoms with van der Waals surface area (Å²) in [5.41, 5.74) is 0.708. The maximum Gasteiger partial charge on any atom is 0.254 e. The monoisotopic (exact) mass is 321 g/mol. The van der Waals surface area contributed by atoms with Gasteiger partial charge in [-0.15, -0.1) is 0 Å². The van der Waals surface area contributed by atoms with Gasteiger partial charge in [0.05, 0.1) is 0 Å². The fraction of sp³-hybridized carbons (Fsp3) is 0.588. The van der Waals surface area contributed by atoms with Gasteiger partial charge >= 0.3 is 0 Å². The van der Waals surface area contributed by atoms with Crippen LogP contribution in [0.5, 0.6) is 0 Å². The van der Waals surface area contributed by atoms with Crippen LogP contribution in [0.4, 0.5) is 0 Å². The zero-order valence-corrected chi connectivity index (χ0v) is 14.1. The number of hydrogen-bond acceptors (Lipinski definition) is 3. The minimum absolute atomic E-state index is 0.129. The largest absolute Gasteiger partial charge is 0.334 e. The first-order chi connectivity index (χ1) is 10.6. The molecule has 2 fully saturated rings. The Morgan fingerprint density at radius 3 is 2.77 bits per heavy atom. The average Bonchev–Trinajstić information content (AvgIpc) is 3.06. The second kappa shape index (κ2) is 6.57. The van der Waals surface area contributed by atoms with E-state index in [1.54, 1.807) is 6.07 Å². The third-order valence-corrected chi connectivity index (χ3v) is 5.09. The fourth-order valence-corrected chi connectivity index (χ4v) is 3.91. The topological polar surface area (TPSA) is 26.8 Å². The molecule has 2 aliphatic rings. The first kappa shape index (κ1) is 15.8. The van der Waals surface area contributed by atoms with Gasteiger partial charge in [0.2, 0.25) is 0 Å². The highest BCUT2D eigenvalue weighted by atomic mass is 35.5. The van der Waals surface area contributed by atoms with Crippen molar-refractivity contribution in [1.82, 2.24) is 14.7 Å². The zero-order valence-electron chi connectivity index (χ0n) is 13.3. The molecule has 0 aromatic heterocycles. The summed E-state index contributed by atoms with van der Waals surface area (Å²) < 4.78 is 0. The molecule has 22 heavy (non-hydrogen) atoms. The van der Waals surface area contributed by atoms with Crippen LogP contribution in [-0.2, 0) is 0 Å². The quantitative estimate of drug-likeness (QED) is 0.850. The van der Waals surface area contributed by atoms with Crippen LogP contribution in [0.2, 0.25) is 5.02 Å². The van der Waals surface area contributed by atoms with Gasteiger partial charge in [-0.1, -0.05) is 17.7 Å². The normalized spacial score (nSPS) is 25.0. The lowest BCUT2D eigenvalue weighted by Gasteiger charge is -2.26. The van der Waals surface area contributed by atoms with Crippen molar-refractivity contribution < 1.29 is 4.79 Å². The maximum absolute atomic E-state index is 12.8. The Morgan fingerprint density at radius 1 is 1.27 bits per heavy atom. The van der Waals surface area contributed by atoms with E-state index in [-0.39, 0.29) is 5.91 Å². The Bertz CT molecular complexity index is 548. The first-order valence-electron chi connectivity index (χ1n) is 8.01. The number of carbonyl (C=O) groups excluding carboxylic acids is 1. The second-order valence-corrected chi connectivity index (χ2v) is 7.00. The molecule has 2 aliphatic heterocycles. The Kier molecular flexibility index (Phi) is 4.71. The number of likely N-dealkylation sites (N-methyl/N-ethyl adjacent to an activating group) is 1. The van der Waals surface area contributed by atoms with Crippen LogP contribution in [0, 0.1) is 0 Å². The summed E-state index contributed by atoms with van der Waals surface area (Å²) >= 11 is 6.02. The third-order valence-electron chi connectivity index (χ3n) is 4.86. The van der Waals surface area contributed by atoms with Crippen molar-refractivity contribution in [3.8, 4) is 0 Å². The number of amides is 1. The molecule has 120 valence electrons. The van der Waals surface area contributed by atoms with Crippen molar-refractivity contribution in [2.75, 3.05) is 40.3 Å². The lowest BCUT2D eigenvalue weighted by molar-refractivity contribution is 0.0732. The summed E-state index contributed by atoms with van der Waals surface area (Å²) in [5, 5.41) is 0.626. The van der Waals surface area contributed by atoms with Crippen LogP contribution in [0.25, 0.3) is 0 Å². The number of rotatable bonds is 4. The Balaban J connectivity index is 1.67. The molecular formula is C17H24ClN3O. The van der Waals surface area contributed by atoms with Crippen molar-refractivity contribution in [1.29, 1.82) is 0 Å². The van der Waals surface area contributed by atoms with E-state index >= 15 is 0 Å². The highest BCUT2D eigenvalue weighted by Gasteiger charge is 2.44. The molecule has 1 aromatic carbocycles. The van der Waals surface area contributed by atoms with E-state index in [2.05, 4.69) is 28.8 Å². The van der Waals surface area contributed by atoms with E-state index in [9.17, 15) is 4.79 Å². The van der Waals surface area contributed by atoms with Crippen LogP contribution < -0.4 is 0 Å². The number of benzene rings is 1. The first-order valence-corrected chi connectivity index (χ1v) is 8.39. The molecule has 2 heterocycles. The minimum Gasteiger partial charge on any atom is -0.334 e. The van der Waals surface area contributed by atoms with Gasteiger partial charge in [0.15, 0.2) is 0 Å². The van der Waals surface area contributed by atoms with Gasteiger partial charge in [-0.2, -0.15) is 0 Å². The average molecular weight is 322 g/mol. The van der Waals surface area contributed by atoms with E-state index in [1.807, 2.05) is 18.2 Å². The fourth-order valence-electron chi connectivity index (χ4n) is 3.72. The van der Waals surface area contributed by atoms with Crippen molar-refractivity contribution in [3.63, 3.8) is 0 Å². The minimum atomic E-state index is 0.129. The summed E-state index contributed by atoms with van der Waals surface area (Å²) in [6, 6.07) is 8.19. The van der Waals surface area contributed by atoms with Gasteiger partial charge < -0.3 is 9.80 Å². The molecule has 0 N–H and O–H groups in total. The standard InChI is InChI=1S/C17H24ClN3O/c1-19(2)10-11-20-8-6-16-15(20)7-9-21(16)17(22)13-4-3-5-14(18)12-13/h3-5,12,15-16H,6-11H2,1-2H3/t15-,16+/m0/s1. The molecule has 3 rings (SSSR count). The molecule has 5 heteroatoms. The van der Waals surface area contributed by atoms with Crippen molar-refractivity contribution in [2.45, 2.75) is 24.9 Å². The van der Waals surface area contributed by atoms with E-state index in [1.165, 1.54) is 0 Å². The second-order valence-electron chi connectivity index (χ2n) is 6.56. The number of halogens is 1. The Morgan fingerprint density at radius 2 is 2.05 bits per heavy atom. The van der Waals surface area contributed by atoms with Crippen LogP contribution in [0.3, 0.4) is 0 Å². The van der Waals surface area contributed by atoms with Gasteiger partial charge in [0.1, 0.15) is 0 Å². The number of likely N-dealkylation sites (tertiary alicyclic amines) is 2. The zero-order chi connectivity index (χ0) is 15.7. The molecule has 0 bridgehead atoms. The molecule has 0 radical (unpaired) electrons. The van der Waals surface area contributed by atoms with E-state index < -0.39 is 0 Å². The molecule has 0 aliphatic carbocycles.